The molecule has 0 aliphatic heterocycles. The van der Waals surface area contributed by atoms with E-state index in [1.165, 1.54) is 0 Å². The number of nitrogens with one attached hydrogen (secondary N) is 1. The van der Waals surface area contributed by atoms with Gasteiger partial charge in [-0.3, -0.25) is 0 Å². The summed E-state index contributed by atoms with van der Waals surface area (Å²) in [6.07, 6.45) is 0.856. The predicted molar refractivity (Wildman–Crippen MR) is 86.9 cm³/mol. The van der Waals surface area contributed by atoms with Gasteiger partial charge in [0.05, 0.1) is 11.2 Å². The van der Waals surface area contributed by atoms with Crippen LogP contribution in [0.15, 0.2) is 60.7 Å². The number of anilines is 1. The molecule has 22 heavy (non-hydrogen) atoms. The molecule has 0 amide bonds. The Morgan fingerprint density at radius 2 is 1.64 bits per heavy atom. The Bertz CT molecular complexity index is 723. The Morgan fingerprint density at radius 3 is 2.27 bits per heavy atom. The minimum absolute atomic E-state index is 0.360. The lowest BCUT2D eigenvalue weighted by atomic mass is 9.97. The van der Waals surface area contributed by atoms with Crippen molar-refractivity contribution >= 4 is 5.69 Å². The first-order chi connectivity index (χ1) is 10.7. The summed E-state index contributed by atoms with van der Waals surface area (Å²) in [5, 5.41) is 15.9. The number of aromatic nitrogens is 4. The fraction of sp³-hybridized carbons (Fsp3) is 0.235. The minimum Gasteiger partial charge on any atom is -0.373 e. The first-order valence-corrected chi connectivity index (χ1v) is 7.40. The molecule has 5 heteroatoms. The number of hydrogen-bond donors (Lipinski definition) is 1. The van der Waals surface area contributed by atoms with Gasteiger partial charge in [0.1, 0.15) is 0 Å². The van der Waals surface area contributed by atoms with Crippen LogP contribution in [0.4, 0.5) is 5.69 Å². The van der Waals surface area contributed by atoms with E-state index in [0.717, 1.165) is 23.6 Å². The van der Waals surface area contributed by atoms with Crippen molar-refractivity contribution in [3.05, 3.63) is 66.5 Å². The molecule has 0 radical (unpaired) electrons. The Labute approximate surface area is 130 Å². The van der Waals surface area contributed by atoms with Crippen LogP contribution >= 0.6 is 0 Å². The molecular weight excluding hydrogens is 274 g/mol. The van der Waals surface area contributed by atoms with Crippen LogP contribution in [-0.4, -0.2) is 20.2 Å². The van der Waals surface area contributed by atoms with E-state index in [4.69, 9.17) is 0 Å². The average Bonchev–Trinajstić information content (AvgIpc) is 3.07. The number of tetrazole rings is 1. The summed E-state index contributed by atoms with van der Waals surface area (Å²) >= 11 is 0. The number of nitrogens with zero attached hydrogens (tertiary/aromatic N) is 4. The molecule has 3 rings (SSSR count). The maximum absolute atomic E-state index is 4.27. The zero-order chi connectivity index (χ0) is 15.4. The van der Waals surface area contributed by atoms with Gasteiger partial charge >= 0.3 is 0 Å². The molecule has 0 aliphatic rings. The van der Waals surface area contributed by atoms with Gasteiger partial charge in [0.25, 0.3) is 0 Å². The summed E-state index contributed by atoms with van der Waals surface area (Å²) in [5.74, 6) is 0.796. The van der Waals surface area contributed by atoms with Crippen molar-refractivity contribution in [3.8, 4) is 5.69 Å². The van der Waals surface area contributed by atoms with Gasteiger partial charge in [0.2, 0.25) is 0 Å². The predicted octanol–water partition coefficient (Wildman–Crippen LogP) is 3.40. The lowest BCUT2D eigenvalue weighted by Gasteiger charge is -2.29. The highest BCUT2D eigenvalue weighted by atomic mass is 15.6. The van der Waals surface area contributed by atoms with Crippen LogP contribution in [-0.2, 0) is 5.54 Å². The molecule has 0 spiro atoms. The second kappa shape index (κ2) is 5.97. The molecule has 1 unspecified atom stereocenters. The third kappa shape index (κ3) is 2.70. The van der Waals surface area contributed by atoms with Gasteiger partial charge in [0, 0.05) is 5.69 Å². The van der Waals surface area contributed by atoms with Crippen LogP contribution in [0.3, 0.4) is 0 Å². The molecule has 0 fully saturated rings. The number of rotatable bonds is 5. The standard InChI is InChI=1S/C17H19N5/c1-3-17(2,18-14-10-6-4-7-11-14)16-19-20-21-22(16)15-12-8-5-9-13-15/h4-13,18H,3H2,1-2H3. The fourth-order valence-corrected chi connectivity index (χ4v) is 2.42. The van der Waals surface area contributed by atoms with Crippen LogP contribution in [0.2, 0.25) is 0 Å². The summed E-state index contributed by atoms with van der Waals surface area (Å²) in [7, 11) is 0. The van der Waals surface area contributed by atoms with E-state index in [2.05, 4.69) is 34.7 Å². The van der Waals surface area contributed by atoms with E-state index >= 15 is 0 Å². The van der Waals surface area contributed by atoms with Crippen molar-refractivity contribution in [2.45, 2.75) is 25.8 Å². The minimum atomic E-state index is -0.360. The summed E-state index contributed by atoms with van der Waals surface area (Å²) in [6, 6.07) is 20.1. The number of para-hydroxylation sites is 2. The van der Waals surface area contributed by atoms with Crippen molar-refractivity contribution < 1.29 is 0 Å². The molecule has 0 bridgehead atoms. The van der Waals surface area contributed by atoms with E-state index in [0.29, 0.717) is 0 Å². The van der Waals surface area contributed by atoms with Crippen LogP contribution in [0.25, 0.3) is 5.69 Å². The number of benzene rings is 2. The van der Waals surface area contributed by atoms with E-state index in [1.807, 2.05) is 60.7 Å². The van der Waals surface area contributed by atoms with Crippen molar-refractivity contribution in [2.24, 2.45) is 0 Å². The second-order valence-corrected chi connectivity index (χ2v) is 5.43. The summed E-state index contributed by atoms with van der Waals surface area (Å²) in [4.78, 5) is 0. The molecule has 1 heterocycles. The molecule has 1 N–H and O–H groups in total. The van der Waals surface area contributed by atoms with Crippen LogP contribution in [0.1, 0.15) is 26.1 Å². The van der Waals surface area contributed by atoms with Crippen molar-refractivity contribution in [1.82, 2.24) is 20.2 Å². The SMILES string of the molecule is CCC(C)(Nc1ccccc1)c1nnnn1-c1ccccc1. The van der Waals surface area contributed by atoms with E-state index in [1.54, 1.807) is 4.68 Å². The topological polar surface area (TPSA) is 55.6 Å². The van der Waals surface area contributed by atoms with Crippen molar-refractivity contribution in [2.75, 3.05) is 5.32 Å². The maximum Gasteiger partial charge on any atom is 0.181 e. The molecule has 0 aliphatic carbocycles. The zero-order valence-corrected chi connectivity index (χ0v) is 12.8. The molecule has 0 saturated heterocycles. The second-order valence-electron chi connectivity index (χ2n) is 5.43. The van der Waals surface area contributed by atoms with Crippen molar-refractivity contribution in [1.29, 1.82) is 0 Å². The highest BCUT2D eigenvalue weighted by Crippen LogP contribution is 2.28. The average molecular weight is 293 g/mol. The van der Waals surface area contributed by atoms with Gasteiger partial charge in [-0.25, -0.2) is 0 Å². The third-order valence-corrected chi connectivity index (χ3v) is 3.86. The molecule has 3 aromatic rings. The van der Waals surface area contributed by atoms with Crippen molar-refractivity contribution in [3.63, 3.8) is 0 Å². The summed E-state index contributed by atoms with van der Waals surface area (Å²) in [5.41, 5.74) is 1.65. The van der Waals surface area contributed by atoms with Crippen LogP contribution in [0, 0.1) is 0 Å². The Kier molecular flexibility index (Phi) is 3.87. The Balaban J connectivity index is 1.99. The van der Waals surface area contributed by atoms with E-state index in [-0.39, 0.29) is 5.54 Å². The highest BCUT2D eigenvalue weighted by molar-refractivity contribution is 5.46. The van der Waals surface area contributed by atoms with Gasteiger partial charge in [-0.2, -0.15) is 4.68 Å². The van der Waals surface area contributed by atoms with Gasteiger partial charge in [-0.05, 0) is 48.0 Å². The molecular formula is C17H19N5. The monoisotopic (exact) mass is 293 g/mol. The van der Waals surface area contributed by atoms with E-state index in [9.17, 15) is 0 Å². The Morgan fingerprint density at radius 1 is 1.00 bits per heavy atom. The normalized spacial score (nSPS) is 13.5. The quantitative estimate of drug-likeness (QED) is 0.783. The first kappa shape index (κ1) is 14.3. The third-order valence-electron chi connectivity index (χ3n) is 3.86. The molecule has 2 aromatic carbocycles. The Hall–Kier alpha value is -2.69. The van der Waals surface area contributed by atoms with Crippen LogP contribution < -0.4 is 5.32 Å². The summed E-state index contributed by atoms with van der Waals surface area (Å²) in [6.45, 7) is 4.24. The van der Waals surface area contributed by atoms with Gasteiger partial charge < -0.3 is 5.32 Å². The molecule has 1 aromatic heterocycles. The first-order valence-electron chi connectivity index (χ1n) is 7.40. The fourth-order valence-electron chi connectivity index (χ4n) is 2.42. The largest absolute Gasteiger partial charge is 0.373 e. The van der Waals surface area contributed by atoms with Gasteiger partial charge in [-0.15, -0.1) is 5.10 Å². The van der Waals surface area contributed by atoms with Gasteiger partial charge in [-0.1, -0.05) is 43.3 Å². The van der Waals surface area contributed by atoms with E-state index < -0.39 is 0 Å². The summed E-state index contributed by atoms with van der Waals surface area (Å²) < 4.78 is 1.79. The lowest BCUT2D eigenvalue weighted by molar-refractivity contribution is 0.474. The lowest BCUT2D eigenvalue weighted by Crippen LogP contribution is -2.34. The zero-order valence-electron chi connectivity index (χ0n) is 12.8. The molecule has 112 valence electrons. The van der Waals surface area contributed by atoms with Gasteiger partial charge in [0.15, 0.2) is 5.82 Å². The smallest absolute Gasteiger partial charge is 0.181 e. The molecule has 1 atom stereocenters. The maximum atomic E-state index is 4.27. The number of hydrogen-bond acceptors (Lipinski definition) is 4. The molecule has 5 nitrogen and oxygen atoms in total. The molecule has 0 saturated carbocycles. The highest BCUT2D eigenvalue weighted by Gasteiger charge is 2.31. The van der Waals surface area contributed by atoms with Crippen LogP contribution in [0.5, 0.6) is 0 Å².